The number of aromatic nitrogens is 2. The molecule has 2 heterocycles. The van der Waals surface area contributed by atoms with Crippen LogP contribution in [0.5, 0.6) is 0 Å². The van der Waals surface area contributed by atoms with Gasteiger partial charge >= 0.3 is 0 Å². The summed E-state index contributed by atoms with van der Waals surface area (Å²) in [6, 6.07) is 13.4. The van der Waals surface area contributed by atoms with Gasteiger partial charge in [0.1, 0.15) is 5.69 Å². The van der Waals surface area contributed by atoms with Crippen LogP contribution in [-0.4, -0.2) is 9.97 Å². The first-order valence-corrected chi connectivity index (χ1v) is 6.87. The van der Waals surface area contributed by atoms with Crippen molar-refractivity contribution in [2.24, 2.45) is 0 Å². The monoisotopic (exact) mass is 287 g/mol. The van der Waals surface area contributed by atoms with E-state index in [-0.39, 0.29) is 0 Å². The fourth-order valence-corrected chi connectivity index (χ4v) is 2.87. The van der Waals surface area contributed by atoms with Crippen LogP contribution in [0.1, 0.15) is 0 Å². The van der Waals surface area contributed by atoms with Crippen LogP contribution in [0.15, 0.2) is 48.7 Å². The third-order valence-electron chi connectivity index (χ3n) is 2.64. The summed E-state index contributed by atoms with van der Waals surface area (Å²) in [4.78, 5) is 9.69. The Hall–Kier alpha value is -1.91. The summed E-state index contributed by atoms with van der Waals surface area (Å²) in [6.07, 6.45) is 1.74. The van der Waals surface area contributed by atoms with Gasteiger partial charge in [0.25, 0.3) is 0 Å². The SMILES string of the molecule is Nc1nc(-c2ccccn2)c(-c2cccc(Cl)c2)s1. The molecule has 2 aromatic heterocycles. The molecule has 0 fully saturated rings. The predicted molar refractivity (Wildman–Crippen MR) is 80.2 cm³/mol. The third kappa shape index (κ3) is 2.45. The van der Waals surface area contributed by atoms with Gasteiger partial charge in [-0.2, -0.15) is 0 Å². The highest BCUT2D eigenvalue weighted by molar-refractivity contribution is 7.19. The zero-order valence-electron chi connectivity index (χ0n) is 9.88. The molecular formula is C14H10ClN3S. The number of benzene rings is 1. The summed E-state index contributed by atoms with van der Waals surface area (Å²) >= 11 is 7.48. The van der Waals surface area contributed by atoms with Crippen LogP contribution in [0.25, 0.3) is 21.8 Å². The molecule has 1 aromatic carbocycles. The summed E-state index contributed by atoms with van der Waals surface area (Å²) in [7, 11) is 0. The number of hydrogen-bond acceptors (Lipinski definition) is 4. The maximum atomic E-state index is 6.04. The largest absolute Gasteiger partial charge is 0.375 e. The number of thiazole rings is 1. The Balaban J connectivity index is 2.18. The van der Waals surface area contributed by atoms with Crippen LogP contribution in [0.2, 0.25) is 5.02 Å². The van der Waals surface area contributed by atoms with Gasteiger partial charge in [-0.05, 0) is 29.8 Å². The molecule has 0 unspecified atom stereocenters. The van der Waals surface area contributed by atoms with E-state index in [2.05, 4.69) is 9.97 Å². The van der Waals surface area contributed by atoms with Gasteiger partial charge < -0.3 is 5.73 Å². The zero-order valence-corrected chi connectivity index (χ0v) is 11.4. The van der Waals surface area contributed by atoms with Crippen molar-refractivity contribution in [1.82, 2.24) is 9.97 Å². The van der Waals surface area contributed by atoms with E-state index in [0.29, 0.717) is 10.2 Å². The molecule has 0 atom stereocenters. The van der Waals surface area contributed by atoms with Gasteiger partial charge in [0, 0.05) is 11.2 Å². The number of nitrogen functional groups attached to an aromatic ring is 1. The van der Waals surface area contributed by atoms with Crippen molar-refractivity contribution in [2.75, 3.05) is 5.73 Å². The molecule has 0 amide bonds. The van der Waals surface area contributed by atoms with Crippen LogP contribution in [0.4, 0.5) is 5.13 Å². The van der Waals surface area contributed by atoms with Crippen molar-refractivity contribution in [3.05, 3.63) is 53.7 Å². The Kier molecular flexibility index (Phi) is 3.19. The maximum absolute atomic E-state index is 6.04. The number of rotatable bonds is 2. The Bertz CT molecular complexity index is 710. The molecule has 5 heteroatoms. The van der Waals surface area contributed by atoms with Crippen LogP contribution in [0, 0.1) is 0 Å². The van der Waals surface area contributed by atoms with Crippen LogP contribution >= 0.6 is 22.9 Å². The van der Waals surface area contributed by atoms with E-state index in [1.165, 1.54) is 11.3 Å². The first kappa shape index (κ1) is 12.1. The number of nitrogens with zero attached hydrogens (tertiary/aromatic N) is 2. The smallest absolute Gasteiger partial charge is 0.181 e. The lowest BCUT2D eigenvalue weighted by atomic mass is 10.1. The Morgan fingerprint density at radius 3 is 2.74 bits per heavy atom. The van der Waals surface area contributed by atoms with E-state index in [9.17, 15) is 0 Å². The quantitative estimate of drug-likeness (QED) is 0.772. The van der Waals surface area contributed by atoms with Gasteiger partial charge in [0.2, 0.25) is 0 Å². The molecular weight excluding hydrogens is 278 g/mol. The minimum Gasteiger partial charge on any atom is -0.375 e. The minimum absolute atomic E-state index is 0.524. The van der Waals surface area contributed by atoms with Crippen LogP contribution < -0.4 is 5.73 Å². The molecule has 94 valence electrons. The van der Waals surface area contributed by atoms with Gasteiger partial charge in [0.05, 0.1) is 10.6 Å². The van der Waals surface area contributed by atoms with Gasteiger partial charge in [-0.3, -0.25) is 4.98 Å². The van der Waals surface area contributed by atoms with Crippen molar-refractivity contribution in [3.8, 4) is 21.8 Å². The molecule has 0 spiro atoms. The molecule has 3 nitrogen and oxygen atoms in total. The molecule has 0 aliphatic carbocycles. The van der Waals surface area contributed by atoms with E-state index < -0.39 is 0 Å². The molecule has 3 rings (SSSR count). The molecule has 0 radical (unpaired) electrons. The molecule has 3 aromatic rings. The molecule has 0 saturated carbocycles. The van der Waals surface area contributed by atoms with Crippen LogP contribution in [-0.2, 0) is 0 Å². The van der Waals surface area contributed by atoms with Gasteiger partial charge in [-0.1, -0.05) is 41.1 Å². The molecule has 0 bridgehead atoms. The van der Waals surface area contributed by atoms with E-state index in [1.54, 1.807) is 6.20 Å². The first-order valence-electron chi connectivity index (χ1n) is 5.67. The number of halogens is 1. The number of pyridine rings is 1. The first-order chi connectivity index (χ1) is 9.24. The third-order valence-corrected chi connectivity index (χ3v) is 3.81. The zero-order chi connectivity index (χ0) is 13.2. The van der Waals surface area contributed by atoms with E-state index >= 15 is 0 Å². The molecule has 0 aliphatic heterocycles. The fourth-order valence-electron chi connectivity index (χ4n) is 1.84. The summed E-state index contributed by atoms with van der Waals surface area (Å²) in [5.41, 5.74) is 8.45. The van der Waals surface area contributed by atoms with E-state index in [1.807, 2.05) is 42.5 Å². The Morgan fingerprint density at radius 2 is 2.00 bits per heavy atom. The molecule has 0 aliphatic rings. The Morgan fingerprint density at radius 1 is 1.11 bits per heavy atom. The van der Waals surface area contributed by atoms with Crippen molar-refractivity contribution in [2.45, 2.75) is 0 Å². The summed E-state index contributed by atoms with van der Waals surface area (Å²) in [6.45, 7) is 0. The van der Waals surface area contributed by atoms with Crippen molar-refractivity contribution < 1.29 is 0 Å². The Labute approximate surface area is 119 Å². The predicted octanol–water partition coefficient (Wildman–Crippen LogP) is 4.11. The minimum atomic E-state index is 0.524. The average molecular weight is 288 g/mol. The summed E-state index contributed by atoms with van der Waals surface area (Å²) < 4.78 is 0. The van der Waals surface area contributed by atoms with Crippen molar-refractivity contribution in [1.29, 1.82) is 0 Å². The summed E-state index contributed by atoms with van der Waals surface area (Å²) in [5, 5.41) is 1.21. The van der Waals surface area contributed by atoms with E-state index in [0.717, 1.165) is 21.8 Å². The summed E-state index contributed by atoms with van der Waals surface area (Å²) in [5.74, 6) is 0. The second-order valence-corrected chi connectivity index (χ2v) is 5.42. The maximum Gasteiger partial charge on any atom is 0.181 e. The topological polar surface area (TPSA) is 51.8 Å². The average Bonchev–Trinajstić information content (AvgIpc) is 2.82. The van der Waals surface area contributed by atoms with Gasteiger partial charge in [-0.15, -0.1) is 0 Å². The number of nitrogens with two attached hydrogens (primary N) is 1. The highest BCUT2D eigenvalue weighted by atomic mass is 35.5. The van der Waals surface area contributed by atoms with Gasteiger partial charge in [-0.25, -0.2) is 4.98 Å². The van der Waals surface area contributed by atoms with Gasteiger partial charge in [0.15, 0.2) is 5.13 Å². The lowest BCUT2D eigenvalue weighted by Crippen LogP contribution is -1.86. The second kappa shape index (κ2) is 4.99. The normalized spacial score (nSPS) is 10.6. The molecule has 19 heavy (non-hydrogen) atoms. The second-order valence-electron chi connectivity index (χ2n) is 3.96. The van der Waals surface area contributed by atoms with Crippen molar-refractivity contribution >= 4 is 28.1 Å². The lowest BCUT2D eigenvalue weighted by molar-refractivity contribution is 1.28. The number of anilines is 1. The van der Waals surface area contributed by atoms with E-state index in [4.69, 9.17) is 17.3 Å². The highest BCUT2D eigenvalue weighted by Gasteiger charge is 2.14. The highest BCUT2D eigenvalue weighted by Crippen LogP contribution is 2.37. The van der Waals surface area contributed by atoms with Crippen LogP contribution in [0.3, 0.4) is 0 Å². The molecule has 2 N–H and O–H groups in total. The molecule has 0 saturated heterocycles. The standard InChI is InChI=1S/C14H10ClN3S/c15-10-5-3-4-9(8-10)13-12(18-14(16)19-13)11-6-1-2-7-17-11/h1-8H,(H2,16,18). The van der Waals surface area contributed by atoms with Crippen molar-refractivity contribution in [3.63, 3.8) is 0 Å². The number of hydrogen-bond donors (Lipinski definition) is 1. The fraction of sp³-hybridized carbons (Fsp3) is 0. The lowest BCUT2D eigenvalue weighted by Gasteiger charge is -2.02.